The summed E-state index contributed by atoms with van der Waals surface area (Å²) in [6.07, 6.45) is 4.52. The summed E-state index contributed by atoms with van der Waals surface area (Å²) in [6, 6.07) is 12.7. The van der Waals surface area contributed by atoms with Crippen molar-refractivity contribution in [3.63, 3.8) is 0 Å². The van der Waals surface area contributed by atoms with Gasteiger partial charge in [-0.25, -0.2) is 0 Å². The van der Waals surface area contributed by atoms with E-state index in [0.29, 0.717) is 24.3 Å². The van der Waals surface area contributed by atoms with E-state index in [4.69, 9.17) is 4.52 Å². The minimum absolute atomic E-state index is 0.436. The minimum atomic E-state index is 0.436. The van der Waals surface area contributed by atoms with E-state index in [0.717, 1.165) is 12.0 Å². The molecular formula is C17H16N4O. The number of fused-ring (bicyclic) bond motifs is 1. The van der Waals surface area contributed by atoms with Gasteiger partial charge in [-0.05, 0) is 37.1 Å². The zero-order valence-corrected chi connectivity index (χ0v) is 12.3. The van der Waals surface area contributed by atoms with Gasteiger partial charge in [0.25, 0.3) is 0 Å². The number of para-hydroxylation sites is 1. The fourth-order valence-electron chi connectivity index (χ4n) is 2.95. The van der Waals surface area contributed by atoms with Crippen molar-refractivity contribution in [2.45, 2.75) is 25.9 Å². The molecule has 0 saturated heterocycles. The van der Waals surface area contributed by atoms with E-state index in [1.54, 1.807) is 12.4 Å². The maximum absolute atomic E-state index is 5.41. The van der Waals surface area contributed by atoms with Crippen LogP contribution in [-0.2, 0) is 13.0 Å². The van der Waals surface area contributed by atoms with E-state index in [-0.39, 0.29) is 0 Å². The van der Waals surface area contributed by atoms with E-state index in [1.807, 2.05) is 12.1 Å². The molecular weight excluding hydrogens is 276 g/mol. The summed E-state index contributed by atoms with van der Waals surface area (Å²) in [5.74, 6) is 1.21. The highest BCUT2D eigenvalue weighted by Gasteiger charge is 2.27. The SMILES string of the molecule is C[C@@H]1Cc2ccccc2N1Cc1nc(-c2cccnc2)no1. The highest BCUT2D eigenvalue weighted by Crippen LogP contribution is 2.32. The molecule has 0 spiro atoms. The lowest BCUT2D eigenvalue weighted by molar-refractivity contribution is 0.374. The Hall–Kier alpha value is -2.69. The zero-order valence-electron chi connectivity index (χ0n) is 12.3. The van der Waals surface area contributed by atoms with E-state index in [9.17, 15) is 0 Å². The van der Waals surface area contributed by atoms with Crippen molar-refractivity contribution in [1.82, 2.24) is 15.1 Å². The van der Waals surface area contributed by atoms with Gasteiger partial charge in [-0.3, -0.25) is 4.98 Å². The third kappa shape index (κ3) is 2.24. The van der Waals surface area contributed by atoms with Crippen molar-refractivity contribution >= 4 is 5.69 Å². The first kappa shape index (κ1) is 13.0. The van der Waals surface area contributed by atoms with Crippen LogP contribution in [0.25, 0.3) is 11.4 Å². The second kappa shape index (κ2) is 5.26. The second-order valence-electron chi connectivity index (χ2n) is 5.56. The smallest absolute Gasteiger partial charge is 0.246 e. The maximum Gasteiger partial charge on any atom is 0.246 e. The van der Waals surface area contributed by atoms with Crippen molar-refractivity contribution < 1.29 is 4.52 Å². The Bertz CT molecular complexity index is 784. The number of aromatic nitrogens is 3. The Labute approximate surface area is 128 Å². The molecule has 0 amide bonds. The first-order valence-corrected chi connectivity index (χ1v) is 7.39. The van der Waals surface area contributed by atoms with Crippen molar-refractivity contribution in [3.05, 3.63) is 60.2 Å². The van der Waals surface area contributed by atoms with Gasteiger partial charge in [0, 0.05) is 29.7 Å². The molecule has 1 aliphatic heterocycles. The Balaban J connectivity index is 1.59. The molecule has 0 N–H and O–H groups in total. The molecule has 22 heavy (non-hydrogen) atoms. The van der Waals surface area contributed by atoms with Crippen LogP contribution in [-0.4, -0.2) is 21.2 Å². The van der Waals surface area contributed by atoms with Crippen molar-refractivity contribution in [2.24, 2.45) is 0 Å². The first-order chi connectivity index (χ1) is 10.8. The molecule has 2 aromatic heterocycles. The Kier molecular flexibility index (Phi) is 3.11. The van der Waals surface area contributed by atoms with Gasteiger partial charge in [0.15, 0.2) is 0 Å². The predicted octanol–water partition coefficient (Wildman–Crippen LogP) is 3.08. The van der Waals surface area contributed by atoms with Crippen LogP contribution < -0.4 is 4.90 Å². The van der Waals surface area contributed by atoms with Gasteiger partial charge in [-0.1, -0.05) is 23.4 Å². The van der Waals surface area contributed by atoms with Gasteiger partial charge in [0.1, 0.15) is 0 Å². The summed E-state index contributed by atoms with van der Waals surface area (Å²) in [5, 5.41) is 4.06. The maximum atomic E-state index is 5.41. The fraction of sp³-hybridized carbons (Fsp3) is 0.235. The Morgan fingerprint density at radius 3 is 3.00 bits per heavy atom. The second-order valence-corrected chi connectivity index (χ2v) is 5.56. The topological polar surface area (TPSA) is 55.1 Å². The van der Waals surface area contributed by atoms with Crippen LogP contribution in [0.2, 0.25) is 0 Å². The summed E-state index contributed by atoms with van der Waals surface area (Å²) in [5.41, 5.74) is 3.51. The molecule has 0 saturated carbocycles. The molecule has 1 aliphatic rings. The van der Waals surface area contributed by atoms with Crippen LogP contribution in [0.5, 0.6) is 0 Å². The van der Waals surface area contributed by atoms with Crippen LogP contribution in [0.4, 0.5) is 5.69 Å². The Morgan fingerprint density at radius 2 is 2.14 bits per heavy atom. The van der Waals surface area contributed by atoms with Gasteiger partial charge in [-0.15, -0.1) is 0 Å². The highest BCUT2D eigenvalue weighted by atomic mass is 16.5. The normalized spacial score (nSPS) is 16.8. The largest absolute Gasteiger partial charge is 0.359 e. The minimum Gasteiger partial charge on any atom is -0.359 e. The molecule has 4 rings (SSSR count). The van der Waals surface area contributed by atoms with E-state index in [1.165, 1.54) is 11.3 Å². The fourth-order valence-corrected chi connectivity index (χ4v) is 2.95. The molecule has 1 aromatic carbocycles. The number of anilines is 1. The molecule has 5 heteroatoms. The van der Waals surface area contributed by atoms with Crippen molar-refractivity contribution in [2.75, 3.05) is 4.90 Å². The molecule has 0 radical (unpaired) electrons. The summed E-state index contributed by atoms with van der Waals surface area (Å²) < 4.78 is 5.41. The molecule has 0 bridgehead atoms. The molecule has 1 atom stereocenters. The number of hydrogen-bond donors (Lipinski definition) is 0. The summed E-state index contributed by atoms with van der Waals surface area (Å²) >= 11 is 0. The molecule has 3 heterocycles. The standard InChI is InChI=1S/C17H16N4O/c1-12-9-13-5-2-3-7-15(13)21(12)11-16-19-17(20-22-16)14-6-4-8-18-10-14/h2-8,10,12H,9,11H2,1H3/t12-/m1/s1. The van der Waals surface area contributed by atoms with Gasteiger partial charge in [0.05, 0.1) is 6.54 Å². The first-order valence-electron chi connectivity index (χ1n) is 7.39. The molecule has 5 nitrogen and oxygen atoms in total. The molecule has 0 unspecified atom stereocenters. The monoisotopic (exact) mass is 292 g/mol. The van der Waals surface area contributed by atoms with E-state index < -0.39 is 0 Å². The van der Waals surface area contributed by atoms with Crippen LogP contribution in [0.1, 0.15) is 18.4 Å². The quantitative estimate of drug-likeness (QED) is 0.742. The lowest BCUT2D eigenvalue weighted by atomic mass is 10.1. The van der Waals surface area contributed by atoms with E-state index >= 15 is 0 Å². The third-order valence-electron chi connectivity index (χ3n) is 4.04. The number of rotatable bonds is 3. The number of pyridine rings is 1. The summed E-state index contributed by atoms with van der Waals surface area (Å²) in [4.78, 5) is 10.9. The van der Waals surface area contributed by atoms with Gasteiger partial charge < -0.3 is 9.42 Å². The number of nitrogens with zero attached hydrogens (tertiary/aromatic N) is 4. The van der Waals surface area contributed by atoms with Crippen LogP contribution >= 0.6 is 0 Å². The van der Waals surface area contributed by atoms with Crippen LogP contribution in [0, 0.1) is 0 Å². The van der Waals surface area contributed by atoms with Gasteiger partial charge in [-0.2, -0.15) is 4.98 Å². The average Bonchev–Trinajstić information content (AvgIpc) is 3.14. The third-order valence-corrected chi connectivity index (χ3v) is 4.04. The predicted molar refractivity (Wildman–Crippen MR) is 83.3 cm³/mol. The average molecular weight is 292 g/mol. The molecule has 110 valence electrons. The Morgan fingerprint density at radius 1 is 1.23 bits per heavy atom. The lowest BCUT2D eigenvalue weighted by Crippen LogP contribution is -2.28. The van der Waals surface area contributed by atoms with E-state index in [2.05, 4.69) is 51.2 Å². The number of benzene rings is 1. The van der Waals surface area contributed by atoms with Crippen LogP contribution in [0.15, 0.2) is 53.3 Å². The van der Waals surface area contributed by atoms with Gasteiger partial charge >= 0.3 is 0 Å². The summed E-state index contributed by atoms with van der Waals surface area (Å²) in [6.45, 7) is 2.85. The number of hydrogen-bond acceptors (Lipinski definition) is 5. The van der Waals surface area contributed by atoms with Crippen molar-refractivity contribution in [1.29, 1.82) is 0 Å². The molecule has 0 aliphatic carbocycles. The lowest BCUT2D eigenvalue weighted by Gasteiger charge is -2.22. The van der Waals surface area contributed by atoms with Gasteiger partial charge in [0.2, 0.25) is 11.7 Å². The molecule has 3 aromatic rings. The van der Waals surface area contributed by atoms with Crippen LogP contribution in [0.3, 0.4) is 0 Å². The zero-order chi connectivity index (χ0) is 14.9. The van der Waals surface area contributed by atoms with Crippen molar-refractivity contribution in [3.8, 4) is 11.4 Å². The molecule has 0 fully saturated rings. The highest BCUT2D eigenvalue weighted by molar-refractivity contribution is 5.59. The summed E-state index contributed by atoms with van der Waals surface area (Å²) in [7, 11) is 0.